The molecule has 1 radical (unpaired) electrons. The van der Waals surface area contributed by atoms with Gasteiger partial charge in [0.25, 0.3) is 0 Å². The normalized spacial score (nSPS) is 9.80. The van der Waals surface area contributed by atoms with E-state index in [-0.39, 0.29) is 12.4 Å². The summed E-state index contributed by atoms with van der Waals surface area (Å²) in [6.07, 6.45) is 1.43. The Balaban J connectivity index is 2.81. The molecule has 0 unspecified atom stereocenters. The second-order valence-electron chi connectivity index (χ2n) is 1.91. The zero-order chi connectivity index (χ0) is 7.40. The van der Waals surface area contributed by atoms with Crippen LogP contribution in [0, 0.1) is 12.2 Å². The largest absolute Gasteiger partial charge is 0.396 e. The fourth-order valence-corrected chi connectivity index (χ4v) is 0.739. The summed E-state index contributed by atoms with van der Waals surface area (Å²) in [7, 11) is 0. The van der Waals surface area contributed by atoms with E-state index in [1.807, 2.05) is 0 Å². The molecule has 0 heterocycles. The summed E-state index contributed by atoms with van der Waals surface area (Å²) >= 11 is 0. The molecule has 1 nitrogen and oxygen atoms in total. The molecule has 1 rings (SSSR count). The van der Waals surface area contributed by atoms with Gasteiger partial charge < -0.3 is 5.11 Å². The Morgan fingerprint density at radius 3 is 2.70 bits per heavy atom. The second kappa shape index (κ2) is 3.32. The van der Waals surface area contributed by atoms with Crippen LogP contribution >= 0.6 is 0 Å². The van der Waals surface area contributed by atoms with Gasteiger partial charge in [0.05, 0.1) is 6.61 Å². The van der Waals surface area contributed by atoms with Crippen LogP contribution in [-0.4, -0.2) is 11.7 Å². The van der Waals surface area contributed by atoms with Crippen molar-refractivity contribution in [2.75, 3.05) is 6.61 Å². The predicted octanol–water partition coefficient (Wildman–Crippen LogP) is 1.37. The maximum absolute atomic E-state index is 12.6. The number of aliphatic hydroxyl groups excluding tert-OH is 1. The first-order valence-corrected chi connectivity index (χ1v) is 3.03. The molecule has 1 aromatic carbocycles. The molecule has 10 heavy (non-hydrogen) atoms. The van der Waals surface area contributed by atoms with Crippen LogP contribution in [0.1, 0.15) is 5.56 Å². The van der Waals surface area contributed by atoms with E-state index < -0.39 is 0 Å². The van der Waals surface area contributed by atoms with Crippen LogP contribution in [0.5, 0.6) is 0 Å². The molecule has 53 valence electrons. The molecular weight excluding hydrogens is 131 g/mol. The SMILES string of the molecule is OC[CH]c1ccccc1F. The highest BCUT2D eigenvalue weighted by atomic mass is 19.1. The third kappa shape index (κ3) is 1.54. The lowest BCUT2D eigenvalue weighted by Crippen LogP contribution is -1.90. The fraction of sp³-hybridized carbons (Fsp3) is 0.125. The van der Waals surface area contributed by atoms with Gasteiger partial charge in [-0.1, -0.05) is 18.2 Å². The van der Waals surface area contributed by atoms with Crippen molar-refractivity contribution >= 4 is 0 Å². The molecule has 0 atom stereocenters. The van der Waals surface area contributed by atoms with Gasteiger partial charge in [0.1, 0.15) is 5.82 Å². The smallest absolute Gasteiger partial charge is 0.126 e. The molecule has 0 aliphatic rings. The third-order valence-corrected chi connectivity index (χ3v) is 1.22. The van der Waals surface area contributed by atoms with Gasteiger partial charge in [0.2, 0.25) is 0 Å². The summed E-state index contributed by atoms with van der Waals surface area (Å²) in [5, 5.41) is 8.42. The lowest BCUT2D eigenvalue weighted by molar-refractivity contribution is 0.330. The lowest BCUT2D eigenvalue weighted by atomic mass is 10.1. The van der Waals surface area contributed by atoms with E-state index in [4.69, 9.17) is 5.11 Å². The van der Waals surface area contributed by atoms with Gasteiger partial charge >= 0.3 is 0 Å². The van der Waals surface area contributed by atoms with E-state index >= 15 is 0 Å². The summed E-state index contributed by atoms with van der Waals surface area (Å²) < 4.78 is 12.6. The monoisotopic (exact) mass is 139 g/mol. The van der Waals surface area contributed by atoms with E-state index in [0.717, 1.165) is 0 Å². The van der Waals surface area contributed by atoms with Crippen molar-refractivity contribution < 1.29 is 9.50 Å². The molecule has 0 spiro atoms. The van der Waals surface area contributed by atoms with E-state index in [1.54, 1.807) is 18.2 Å². The highest BCUT2D eigenvalue weighted by Crippen LogP contribution is 2.07. The standard InChI is InChI=1S/C8H8FO/c9-8-4-2-1-3-7(8)5-6-10/h1-5,10H,6H2. The topological polar surface area (TPSA) is 20.2 Å². The van der Waals surface area contributed by atoms with E-state index in [9.17, 15) is 4.39 Å². The van der Waals surface area contributed by atoms with Crippen molar-refractivity contribution in [1.29, 1.82) is 0 Å². The van der Waals surface area contributed by atoms with Gasteiger partial charge in [-0.15, -0.1) is 0 Å². The molecule has 0 aliphatic carbocycles. The molecule has 0 saturated carbocycles. The van der Waals surface area contributed by atoms with Crippen molar-refractivity contribution in [1.82, 2.24) is 0 Å². The summed E-state index contributed by atoms with van der Waals surface area (Å²) in [5.74, 6) is -0.295. The van der Waals surface area contributed by atoms with Crippen LogP contribution in [0.25, 0.3) is 0 Å². The van der Waals surface area contributed by atoms with Crippen molar-refractivity contribution in [3.8, 4) is 0 Å². The van der Waals surface area contributed by atoms with Crippen molar-refractivity contribution in [2.24, 2.45) is 0 Å². The van der Waals surface area contributed by atoms with Gasteiger partial charge in [0, 0.05) is 6.42 Å². The Morgan fingerprint density at radius 1 is 1.40 bits per heavy atom. The molecule has 0 aromatic heterocycles. The molecular formula is C8H8FO. The molecule has 0 fully saturated rings. The first-order valence-electron chi connectivity index (χ1n) is 3.03. The molecule has 1 N–H and O–H groups in total. The lowest BCUT2D eigenvalue weighted by Gasteiger charge is -1.96. The Morgan fingerprint density at radius 2 is 2.10 bits per heavy atom. The van der Waals surface area contributed by atoms with Gasteiger partial charge in [-0.05, 0) is 11.6 Å². The summed E-state index contributed by atoms with van der Waals surface area (Å²) in [6, 6.07) is 6.32. The minimum atomic E-state index is -0.295. The zero-order valence-corrected chi connectivity index (χ0v) is 5.42. The number of rotatable bonds is 2. The van der Waals surface area contributed by atoms with E-state index in [0.29, 0.717) is 5.56 Å². The van der Waals surface area contributed by atoms with Crippen molar-refractivity contribution in [2.45, 2.75) is 0 Å². The first-order chi connectivity index (χ1) is 4.84. The molecule has 0 bridgehead atoms. The highest BCUT2D eigenvalue weighted by molar-refractivity contribution is 5.24. The highest BCUT2D eigenvalue weighted by Gasteiger charge is 1.97. The van der Waals surface area contributed by atoms with Crippen LogP contribution in [0.15, 0.2) is 24.3 Å². The second-order valence-corrected chi connectivity index (χ2v) is 1.91. The maximum atomic E-state index is 12.6. The number of benzene rings is 1. The Hall–Kier alpha value is -0.890. The molecule has 2 heteroatoms. The van der Waals surface area contributed by atoms with Gasteiger partial charge in [-0.3, -0.25) is 0 Å². The molecule has 0 aliphatic heterocycles. The van der Waals surface area contributed by atoms with Crippen molar-refractivity contribution in [3.63, 3.8) is 0 Å². The summed E-state index contributed by atoms with van der Waals surface area (Å²) in [6.45, 7) is -0.124. The molecule has 1 aromatic rings. The van der Waals surface area contributed by atoms with Gasteiger partial charge in [0.15, 0.2) is 0 Å². The number of hydrogen-bond acceptors (Lipinski definition) is 1. The van der Waals surface area contributed by atoms with Crippen molar-refractivity contribution in [3.05, 3.63) is 42.1 Å². The quantitative estimate of drug-likeness (QED) is 0.656. The minimum Gasteiger partial charge on any atom is -0.396 e. The number of halogens is 1. The average Bonchev–Trinajstić information content (AvgIpc) is 1.94. The Bertz CT molecular complexity index is 210. The maximum Gasteiger partial charge on any atom is 0.126 e. The van der Waals surface area contributed by atoms with Crippen LogP contribution in [0.3, 0.4) is 0 Å². The molecule has 0 amide bonds. The summed E-state index contributed by atoms with van der Waals surface area (Å²) in [5.41, 5.74) is 0.449. The van der Waals surface area contributed by atoms with Crippen LogP contribution < -0.4 is 0 Å². The van der Waals surface area contributed by atoms with E-state index in [2.05, 4.69) is 0 Å². The fourth-order valence-electron chi connectivity index (χ4n) is 0.739. The van der Waals surface area contributed by atoms with Gasteiger partial charge in [-0.25, -0.2) is 4.39 Å². The Labute approximate surface area is 59.1 Å². The third-order valence-electron chi connectivity index (χ3n) is 1.22. The minimum absolute atomic E-state index is 0.124. The Kier molecular flexibility index (Phi) is 2.40. The van der Waals surface area contributed by atoms with Crippen LogP contribution in [0.2, 0.25) is 0 Å². The van der Waals surface area contributed by atoms with Gasteiger partial charge in [-0.2, -0.15) is 0 Å². The zero-order valence-electron chi connectivity index (χ0n) is 5.42. The van der Waals surface area contributed by atoms with Crippen LogP contribution in [0.4, 0.5) is 4.39 Å². The average molecular weight is 139 g/mol. The number of hydrogen-bond donors (Lipinski definition) is 1. The van der Waals surface area contributed by atoms with E-state index in [1.165, 1.54) is 12.5 Å². The summed E-state index contributed by atoms with van der Waals surface area (Å²) in [4.78, 5) is 0. The molecule has 0 saturated heterocycles. The first kappa shape index (κ1) is 7.22. The number of aliphatic hydroxyl groups is 1. The van der Waals surface area contributed by atoms with Crippen LogP contribution in [-0.2, 0) is 0 Å². The predicted molar refractivity (Wildman–Crippen MR) is 36.9 cm³/mol.